The van der Waals surface area contributed by atoms with Gasteiger partial charge in [-0.05, 0) is 143 Å². The molecule has 0 saturated heterocycles. The zero-order chi connectivity index (χ0) is 21.7. The quantitative estimate of drug-likeness (QED) is 0.496. The van der Waals surface area contributed by atoms with E-state index in [1.54, 1.807) is 0 Å². The maximum Gasteiger partial charge on any atom is 0.0591 e. The second kappa shape index (κ2) is 8.36. The summed E-state index contributed by atoms with van der Waals surface area (Å²) in [7, 11) is 0. The van der Waals surface area contributed by atoms with Crippen LogP contribution < -0.4 is 0 Å². The Bertz CT molecular complexity index is 594. The van der Waals surface area contributed by atoms with Gasteiger partial charge in [-0.3, -0.25) is 0 Å². The van der Waals surface area contributed by atoms with E-state index in [2.05, 4.69) is 20.8 Å². The van der Waals surface area contributed by atoms with Gasteiger partial charge in [0.15, 0.2) is 0 Å². The van der Waals surface area contributed by atoms with E-state index < -0.39 is 5.60 Å². The highest BCUT2D eigenvalue weighted by Gasteiger charge is 2.60. The highest BCUT2D eigenvalue weighted by Crippen LogP contribution is 2.68. The van der Waals surface area contributed by atoms with Crippen LogP contribution in [0.4, 0.5) is 0 Å². The minimum atomic E-state index is -0.521. The molecule has 0 spiro atoms. The van der Waals surface area contributed by atoms with Crippen molar-refractivity contribution in [2.75, 3.05) is 6.61 Å². The van der Waals surface area contributed by atoms with Crippen LogP contribution in [0.5, 0.6) is 0 Å². The van der Waals surface area contributed by atoms with Crippen LogP contribution in [0.1, 0.15) is 112 Å². The first-order chi connectivity index (χ1) is 14.1. The molecule has 4 aliphatic rings. The standard InChI is InChI=1S/C28H50O2/c1-19(10-14-26(2,3)30)23-8-9-24-22-7-6-21-18-20(13-17-29)11-15-27(21,4)25(22)12-16-28(23,24)5/h19-25,29-30H,6-18H2,1-5H3/t19-,20?,21-,22+,23-,24+,25+,27+,28-/m1/s1. The first-order valence-corrected chi connectivity index (χ1v) is 13.4. The molecule has 4 fully saturated rings. The Hall–Kier alpha value is -0.0800. The average molecular weight is 419 g/mol. The number of fused-ring (bicyclic) bond motifs is 5. The van der Waals surface area contributed by atoms with Crippen LogP contribution >= 0.6 is 0 Å². The maximum atomic E-state index is 10.2. The third-order valence-electron chi connectivity index (χ3n) is 11.3. The maximum absolute atomic E-state index is 10.2. The number of hydrogen-bond acceptors (Lipinski definition) is 2. The van der Waals surface area contributed by atoms with Crippen molar-refractivity contribution >= 4 is 0 Å². The first kappa shape index (κ1) is 23.1. The Kier molecular flexibility index (Phi) is 6.44. The topological polar surface area (TPSA) is 40.5 Å². The van der Waals surface area contributed by atoms with Gasteiger partial charge < -0.3 is 10.2 Å². The van der Waals surface area contributed by atoms with Crippen LogP contribution in [0.3, 0.4) is 0 Å². The summed E-state index contributed by atoms with van der Waals surface area (Å²) in [5.74, 6) is 6.15. The van der Waals surface area contributed by atoms with Gasteiger partial charge in [-0.1, -0.05) is 20.8 Å². The van der Waals surface area contributed by atoms with E-state index in [-0.39, 0.29) is 0 Å². The van der Waals surface area contributed by atoms with E-state index >= 15 is 0 Å². The Morgan fingerprint density at radius 2 is 1.63 bits per heavy atom. The molecule has 0 heterocycles. The van der Waals surface area contributed by atoms with Gasteiger partial charge in [-0.15, -0.1) is 0 Å². The molecular formula is C28H50O2. The van der Waals surface area contributed by atoms with Crippen molar-refractivity contribution in [3.63, 3.8) is 0 Å². The van der Waals surface area contributed by atoms with Crippen LogP contribution in [-0.2, 0) is 0 Å². The summed E-state index contributed by atoms with van der Waals surface area (Å²) in [5, 5.41) is 19.7. The van der Waals surface area contributed by atoms with Crippen LogP contribution in [0.2, 0.25) is 0 Å². The van der Waals surface area contributed by atoms with Gasteiger partial charge in [-0.25, -0.2) is 0 Å². The van der Waals surface area contributed by atoms with Crippen molar-refractivity contribution in [2.45, 2.75) is 117 Å². The fourth-order valence-corrected chi connectivity index (χ4v) is 9.55. The van der Waals surface area contributed by atoms with Crippen LogP contribution in [0.25, 0.3) is 0 Å². The Balaban J connectivity index is 1.46. The van der Waals surface area contributed by atoms with Crippen molar-refractivity contribution in [1.82, 2.24) is 0 Å². The predicted molar refractivity (Wildman–Crippen MR) is 125 cm³/mol. The summed E-state index contributed by atoms with van der Waals surface area (Å²) in [4.78, 5) is 0. The Morgan fingerprint density at radius 3 is 2.33 bits per heavy atom. The number of hydrogen-bond donors (Lipinski definition) is 2. The average Bonchev–Trinajstić information content (AvgIpc) is 3.03. The Labute approximate surface area is 186 Å². The molecule has 9 atom stereocenters. The molecule has 0 aromatic rings. The van der Waals surface area contributed by atoms with E-state index in [1.165, 1.54) is 64.2 Å². The number of rotatable bonds is 6. The van der Waals surface area contributed by atoms with Crippen LogP contribution in [0, 0.1) is 52.3 Å². The van der Waals surface area contributed by atoms with Crippen molar-refractivity contribution in [3.05, 3.63) is 0 Å². The lowest BCUT2D eigenvalue weighted by molar-refractivity contribution is -0.122. The Morgan fingerprint density at radius 1 is 0.933 bits per heavy atom. The number of aliphatic hydroxyl groups is 2. The smallest absolute Gasteiger partial charge is 0.0591 e. The first-order valence-electron chi connectivity index (χ1n) is 13.4. The van der Waals surface area contributed by atoms with E-state index in [0.717, 1.165) is 54.3 Å². The molecule has 0 aromatic carbocycles. The van der Waals surface area contributed by atoms with Gasteiger partial charge in [0.1, 0.15) is 0 Å². The van der Waals surface area contributed by atoms with Crippen molar-refractivity contribution in [1.29, 1.82) is 0 Å². The van der Waals surface area contributed by atoms with E-state index in [1.807, 2.05) is 13.8 Å². The largest absolute Gasteiger partial charge is 0.396 e. The van der Waals surface area contributed by atoms with Gasteiger partial charge in [-0.2, -0.15) is 0 Å². The molecule has 174 valence electrons. The molecule has 0 aromatic heterocycles. The van der Waals surface area contributed by atoms with Gasteiger partial charge in [0.05, 0.1) is 5.60 Å². The SMILES string of the molecule is C[C@H](CCC(C)(C)O)[C@H]1CC[C@H]2[C@@H]3CC[C@@H]4CC(CCO)CC[C@]4(C)[C@H]3CC[C@]12C. The van der Waals surface area contributed by atoms with Crippen molar-refractivity contribution in [3.8, 4) is 0 Å². The minimum absolute atomic E-state index is 0.383. The summed E-state index contributed by atoms with van der Waals surface area (Å²) in [6, 6.07) is 0. The van der Waals surface area contributed by atoms with Crippen molar-refractivity contribution < 1.29 is 10.2 Å². The molecule has 2 nitrogen and oxygen atoms in total. The predicted octanol–water partition coefficient (Wildman–Crippen LogP) is 6.83. The third kappa shape index (κ3) is 4.02. The van der Waals surface area contributed by atoms with Crippen molar-refractivity contribution in [2.24, 2.45) is 52.3 Å². The molecule has 0 aliphatic heterocycles. The molecule has 2 N–H and O–H groups in total. The summed E-state index contributed by atoms with van der Waals surface area (Å²) in [5.41, 5.74) is 0.588. The summed E-state index contributed by atoms with van der Waals surface area (Å²) >= 11 is 0. The summed E-state index contributed by atoms with van der Waals surface area (Å²) in [6.07, 6.45) is 16.0. The highest BCUT2D eigenvalue weighted by atomic mass is 16.3. The second-order valence-corrected chi connectivity index (χ2v) is 13.4. The lowest BCUT2D eigenvalue weighted by Gasteiger charge is -2.61. The van der Waals surface area contributed by atoms with E-state index in [4.69, 9.17) is 0 Å². The fourth-order valence-electron chi connectivity index (χ4n) is 9.55. The van der Waals surface area contributed by atoms with Gasteiger partial charge in [0.2, 0.25) is 0 Å². The monoisotopic (exact) mass is 418 g/mol. The zero-order valence-corrected chi connectivity index (χ0v) is 20.6. The van der Waals surface area contributed by atoms with E-state index in [0.29, 0.717) is 17.4 Å². The summed E-state index contributed by atoms with van der Waals surface area (Å²) in [6.45, 7) is 12.1. The van der Waals surface area contributed by atoms with Gasteiger partial charge in [0, 0.05) is 6.61 Å². The van der Waals surface area contributed by atoms with E-state index in [9.17, 15) is 10.2 Å². The van der Waals surface area contributed by atoms with Crippen LogP contribution in [0.15, 0.2) is 0 Å². The minimum Gasteiger partial charge on any atom is -0.396 e. The highest BCUT2D eigenvalue weighted by molar-refractivity contribution is 5.09. The zero-order valence-electron chi connectivity index (χ0n) is 20.6. The molecule has 4 saturated carbocycles. The molecule has 0 amide bonds. The molecule has 1 unspecified atom stereocenters. The van der Waals surface area contributed by atoms with Crippen LogP contribution in [-0.4, -0.2) is 22.4 Å². The lowest BCUT2D eigenvalue weighted by Crippen LogP contribution is -2.53. The number of aliphatic hydroxyl groups excluding tert-OH is 1. The molecule has 0 radical (unpaired) electrons. The third-order valence-corrected chi connectivity index (χ3v) is 11.3. The van der Waals surface area contributed by atoms with Gasteiger partial charge in [0.25, 0.3) is 0 Å². The summed E-state index contributed by atoms with van der Waals surface area (Å²) < 4.78 is 0. The fraction of sp³-hybridized carbons (Fsp3) is 1.00. The molecule has 0 bridgehead atoms. The molecule has 30 heavy (non-hydrogen) atoms. The normalized spacial score (nSPS) is 47.3. The molecule has 4 rings (SSSR count). The lowest BCUT2D eigenvalue weighted by atomic mass is 9.44. The van der Waals surface area contributed by atoms with Gasteiger partial charge >= 0.3 is 0 Å². The second-order valence-electron chi connectivity index (χ2n) is 13.4. The molecule has 2 heteroatoms. The molecule has 4 aliphatic carbocycles. The molecular weight excluding hydrogens is 368 g/mol.